The molecule has 4 rings (SSSR count). The molecule has 2 aromatic carbocycles. The van der Waals surface area contributed by atoms with Crippen LogP contribution in [0.2, 0.25) is 0 Å². The lowest BCUT2D eigenvalue weighted by molar-refractivity contribution is -0.116. The predicted molar refractivity (Wildman–Crippen MR) is 128 cm³/mol. The average Bonchev–Trinajstić information content (AvgIpc) is 2.86. The number of sulfonamides is 1. The maximum absolute atomic E-state index is 12.5. The summed E-state index contributed by atoms with van der Waals surface area (Å²) < 4.78 is 33.6. The van der Waals surface area contributed by atoms with Gasteiger partial charge in [-0.1, -0.05) is 12.1 Å². The molecule has 0 saturated heterocycles. The van der Waals surface area contributed by atoms with Crippen LogP contribution in [0.25, 0.3) is 11.3 Å². The molecule has 0 bridgehead atoms. The first-order valence-corrected chi connectivity index (χ1v) is 11.7. The maximum atomic E-state index is 12.5. The normalized spacial score (nSPS) is 11.0. The van der Waals surface area contributed by atoms with Crippen molar-refractivity contribution in [1.82, 2.24) is 19.5 Å². The van der Waals surface area contributed by atoms with E-state index >= 15 is 0 Å². The van der Waals surface area contributed by atoms with Crippen LogP contribution in [0, 0.1) is 0 Å². The van der Waals surface area contributed by atoms with Gasteiger partial charge in [0.15, 0.2) is 0 Å². The Kier molecular flexibility index (Phi) is 6.83. The first-order chi connectivity index (χ1) is 16.9. The van der Waals surface area contributed by atoms with Crippen LogP contribution in [-0.4, -0.2) is 41.0 Å². The van der Waals surface area contributed by atoms with Gasteiger partial charge in [0.1, 0.15) is 12.3 Å². The van der Waals surface area contributed by atoms with E-state index in [9.17, 15) is 18.0 Å². The molecule has 0 unspecified atom stereocenters. The molecule has 2 aromatic heterocycles. The minimum atomic E-state index is -3.90. The molecule has 2 heterocycles. The Bertz CT molecular complexity index is 1510. The van der Waals surface area contributed by atoms with Crippen molar-refractivity contribution in [3.63, 3.8) is 0 Å². The predicted octanol–water partition coefficient (Wildman–Crippen LogP) is 2.15. The Hall–Kier alpha value is -4.58. The Morgan fingerprint density at radius 2 is 1.71 bits per heavy atom. The number of aromatic nitrogens is 4. The molecule has 0 saturated carbocycles. The number of hydrogen-bond acceptors (Lipinski definition) is 8. The first-order valence-electron chi connectivity index (χ1n) is 10.3. The molecule has 11 nitrogen and oxygen atoms in total. The lowest BCUT2D eigenvalue weighted by Crippen LogP contribution is -2.27. The monoisotopic (exact) mass is 492 g/mol. The number of nitrogens with zero attached hydrogens (tertiary/aromatic N) is 4. The summed E-state index contributed by atoms with van der Waals surface area (Å²) in [6.07, 6.45) is 4.11. The molecule has 0 atom stereocenters. The summed E-state index contributed by atoms with van der Waals surface area (Å²) in [7, 11) is -2.37. The van der Waals surface area contributed by atoms with Crippen LogP contribution in [0.1, 0.15) is 0 Å². The van der Waals surface area contributed by atoms with Crippen LogP contribution in [0.15, 0.2) is 89.1 Å². The number of para-hydroxylation sites is 1. The topological polar surface area (TPSA) is 145 Å². The minimum absolute atomic E-state index is 0.0321. The summed E-state index contributed by atoms with van der Waals surface area (Å²) in [6.45, 7) is -0.273. The van der Waals surface area contributed by atoms with Crippen molar-refractivity contribution in [2.24, 2.45) is 0 Å². The van der Waals surface area contributed by atoms with Gasteiger partial charge in [0.2, 0.25) is 11.9 Å². The second-order valence-corrected chi connectivity index (χ2v) is 8.87. The summed E-state index contributed by atoms with van der Waals surface area (Å²) in [5.41, 5.74) is 1.03. The minimum Gasteiger partial charge on any atom is -0.496 e. The van der Waals surface area contributed by atoms with E-state index < -0.39 is 21.5 Å². The zero-order valence-electron chi connectivity index (χ0n) is 18.5. The first kappa shape index (κ1) is 23.6. The third-order valence-corrected chi connectivity index (χ3v) is 6.16. The third-order valence-electron chi connectivity index (χ3n) is 4.82. The fourth-order valence-corrected chi connectivity index (χ4v) is 4.11. The number of benzene rings is 2. The smallest absolute Gasteiger partial charge is 0.264 e. The van der Waals surface area contributed by atoms with E-state index in [1.54, 1.807) is 24.3 Å². The van der Waals surface area contributed by atoms with Gasteiger partial charge in [-0.3, -0.25) is 14.2 Å². The molecule has 35 heavy (non-hydrogen) atoms. The fourth-order valence-electron chi connectivity index (χ4n) is 3.15. The van der Waals surface area contributed by atoms with E-state index in [0.29, 0.717) is 22.7 Å². The number of rotatable bonds is 8. The molecule has 4 aromatic rings. The van der Waals surface area contributed by atoms with Gasteiger partial charge in [-0.2, -0.15) is 0 Å². The number of carbonyl (C=O) groups is 1. The maximum Gasteiger partial charge on any atom is 0.264 e. The van der Waals surface area contributed by atoms with Gasteiger partial charge in [-0.15, -0.1) is 0 Å². The summed E-state index contributed by atoms with van der Waals surface area (Å²) in [4.78, 5) is 36.9. The van der Waals surface area contributed by atoms with Crippen LogP contribution in [0.3, 0.4) is 0 Å². The molecule has 178 valence electrons. The number of ether oxygens (including phenoxy) is 1. The van der Waals surface area contributed by atoms with E-state index in [1.165, 1.54) is 56.2 Å². The second kappa shape index (κ2) is 10.1. The molecular weight excluding hydrogens is 472 g/mol. The summed E-state index contributed by atoms with van der Waals surface area (Å²) in [5, 5.41) is 2.62. The number of amides is 1. The molecular formula is C23H20N6O5S. The Labute approximate surface area is 200 Å². The van der Waals surface area contributed by atoms with Gasteiger partial charge < -0.3 is 10.1 Å². The SMILES string of the molecule is COc1ccccc1-c1cc(=O)n(CC(=O)Nc2ccc(S(=O)(=O)Nc3ncccn3)cc2)cn1. The number of nitrogens with one attached hydrogen (secondary N) is 2. The van der Waals surface area contributed by atoms with Crippen molar-refractivity contribution < 1.29 is 17.9 Å². The van der Waals surface area contributed by atoms with Gasteiger partial charge in [0.05, 0.1) is 24.0 Å². The number of methoxy groups -OCH3 is 1. The number of hydrogen-bond donors (Lipinski definition) is 2. The molecule has 0 aliphatic heterocycles. The van der Waals surface area contributed by atoms with Crippen molar-refractivity contribution in [3.05, 3.63) is 89.7 Å². The molecule has 0 spiro atoms. The molecule has 0 aliphatic rings. The zero-order valence-corrected chi connectivity index (χ0v) is 19.3. The van der Waals surface area contributed by atoms with E-state index in [0.717, 1.165) is 4.57 Å². The Morgan fingerprint density at radius 3 is 2.40 bits per heavy atom. The lowest BCUT2D eigenvalue weighted by Gasteiger charge is -2.10. The highest BCUT2D eigenvalue weighted by atomic mass is 32.2. The van der Waals surface area contributed by atoms with Gasteiger partial charge in [0.25, 0.3) is 15.6 Å². The Balaban J connectivity index is 1.42. The molecule has 12 heteroatoms. The van der Waals surface area contributed by atoms with Gasteiger partial charge in [-0.25, -0.2) is 28.1 Å². The summed E-state index contributed by atoms with van der Waals surface area (Å²) in [6, 6.07) is 15.6. The van der Waals surface area contributed by atoms with Crippen LogP contribution in [-0.2, 0) is 21.4 Å². The van der Waals surface area contributed by atoms with Crippen LogP contribution < -0.4 is 20.3 Å². The van der Waals surface area contributed by atoms with E-state index in [4.69, 9.17) is 4.74 Å². The van der Waals surface area contributed by atoms with Crippen LogP contribution in [0.5, 0.6) is 5.75 Å². The Morgan fingerprint density at radius 1 is 1.00 bits per heavy atom. The van der Waals surface area contributed by atoms with E-state index in [2.05, 4.69) is 25.0 Å². The largest absolute Gasteiger partial charge is 0.496 e. The molecule has 0 radical (unpaired) electrons. The molecule has 0 fully saturated rings. The fraction of sp³-hybridized carbons (Fsp3) is 0.0870. The van der Waals surface area contributed by atoms with Crippen molar-refractivity contribution in [2.75, 3.05) is 17.1 Å². The molecule has 2 N–H and O–H groups in total. The van der Waals surface area contributed by atoms with Crippen LogP contribution in [0.4, 0.5) is 11.6 Å². The van der Waals surface area contributed by atoms with Crippen LogP contribution >= 0.6 is 0 Å². The van der Waals surface area contributed by atoms with Crippen molar-refractivity contribution in [2.45, 2.75) is 11.4 Å². The highest BCUT2D eigenvalue weighted by Gasteiger charge is 2.16. The summed E-state index contributed by atoms with van der Waals surface area (Å²) in [5.74, 6) is 0.0397. The summed E-state index contributed by atoms with van der Waals surface area (Å²) >= 11 is 0. The van der Waals surface area contributed by atoms with Crippen molar-refractivity contribution in [3.8, 4) is 17.0 Å². The highest BCUT2D eigenvalue weighted by molar-refractivity contribution is 7.92. The number of anilines is 2. The van der Waals surface area contributed by atoms with Gasteiger partial charge in [0, 0.05) is 29.7 Å². The van der Waals surface area contributed by atoms with E-state index in [1.807, 2.05) is 6.07 Å². The molecule has 0 aliphatic carbocycles. The van der Waals surface area contributed by atoms with Crippen molar-refractivity contribution in [1.29, 1.82) is 0 Å². The van der Waals surface area contributed by atoms with Gasteiger partial charge >= 0.3 is 0 Å². The zero-order chi connectivity index (χ0) is 24.8. The second-order valence-electron chi connectivity index (χ2n) is 7.19. The van der Waals surface area contributed by atoms with E-state index in [-0.39, 0.29) is 17.4 Å². The lowest BCUT2D eigenvalue weighted by atomic mass is 10.1. The standard InChI is InChI=1S/C23H20N6O5S/c1-34-20-6-3-2-5-18(20)19-13-22(31)29(15-26-19)14-21(30)27-16-7-9-17(10-8-16)35(32,33)28-23-24-11-4-12-25-23/h2-13,15H,14H2,1H3,(H,27,30)(H,24,25,28). The van der Waals surface area contributed by atoms with Crippen molar-refractivity contribution >= 4 is 27.6 Å². The number of carbonyl (C=O) groups excluding carboxylic acids is 1. The van der Waals surface area contributed by atoms with Gasteiger partial charge in [-0.05, 0) is 42.5 Å². The highest BCUT2D eigenvalue weighted by Crippen LogP contribution is 2.26. The molecule has 1 amide bonds. The quantitative estimate of drug-likeness (QED) is 0.381. The third kappa shape index (κ3) is 5.68. The average molecular weight is 493 g/mol.